The van der Waals surface area contributed by atoms with Crippen LogP contribution in [0.4, 0.5) is 0 Å². The molecule has 0 saturated carbocycles. The number of rotatable bonds is 3. The van der Waals surface area contributed by atoms with Crippen molar-refractivity contribution >= 4 is 0 Å². The highest BCUT2D eigenvalue weighted by atomic mass is 16.4. The van der Waals surface area contributed by atoms with Gasteiger partial charge in [-0.25, -0.2) is 0 Å². The Kier molecular flexibility index (Phi) is 2.71. The Balaban J connectivity index is 2.77. The van der Waals surface area contributed by atoms with E-state index in [9.17, 15) is 5.11 Å². The summed E-state index contributed by atoms with van der Waals surface area (Å²) < 4.78 is 5.27. The molecule has 0 aliphatic rings. The van der Waals surface area contributed by atoms with E-state index in [0.29, 0.717) is 5.76 Å². The van der Waals surface area contributed by atoms with E-state index in [4.69, 9.17) is 4.42 Å². The summed E-state index contributed by atoms with van der Waals surface area (Å²) >= 11 is 0. The van der Waals surface area contributed by atoms with E-state index in [1.165, 1.54) is 0 Å². The lowest BCUT2D eigenvalue weighted by Crippen LogP contribution is -2.04. The Hall–Kier alpha value is -1.02. The van der Waals surface area contributed by atoms with Crippen LogP contribution in [0.15, 0.2) is 29.2 Å². The summed E-state index contributed by atoms with van der Waals surface area (Å²) in [6.45, 7) is 7.37. The topological polar surface area (TPSA) is 33.4 Å². The van der Waals surface area contributed by atoms with Crippen LogP contribution >= 0.6 is 0 Å². The maximum absolute atomic E-state index is 9.64. The summed E-state index contributed by atoms with van der Waals surface area (Å²) in [4.78, 5) is 0. The van der Waals surface area contributed by atoms with Crippen LogP contribution in [0.3, 0.4) is 0 Å². The van der Waals surface area contributed by atoms with E-state index in [1.54, 1.807) is 12.1 Å². The second kappa shape index (κ2) is 3.59. The molecule has 0 bridgehead atoms. The molecular formula is C10H14O2. The molecule has 1 rings (SSSR count). The maximum Gasteiger partial charge on any atom is 0.133 e. The van der Waals surface area contributed by atoms with Gasteiger partial charge in [-0.05, 0) is 19.1 Å². The average molecular weight is 166 g/mol. The van der Waals surface area contributed by atoms with Crippen molar-refractivity contribution in [3.05, 3.63) is 36.3 Å². The molecule has 0 aliphatic heterocycles. The molecule has 2 atom stereocenters. The predicted octanol–water partition coefficient (Wildman–Crippen LogP) is 2.44. The highest BCUT2D eigenvalue weighted by Crippen LogP contribution is 2.23. The van der Waals surface area contributed by atoms with Crippen molar-refractivity contribution in [1.29, 1.82) is 0 Å². The third-order valence-electron chi connectivity index (χ3n) is 1.92. The number of furan rings is 1. The molecule has 1 heterocycles. The summed E-state index contributed by atoms with van der Waals surface area (Å²) in [6, 6.07) is 3.63. The molecule has 0 saturated heterocycles. The van der Waals surface area contributed by atoms with Crippen molar-refractivity contribution in [2.45, 2.75) is 20.0 Å². The van der Waals surface area contributed by atoms with E-state index in [0.717, 1.165) is 5.76 Å². The molecule has 2 unspecified atom stereocenters. The van der Waals surface area contributed by atoms with E-state index < -0.39 is 6.10 Å². The van der Waals surface area contributed by atoms with Gasteiger partial charge in [0.25, 0.3) is 0 Å². The van der Waals surface area contributed by atoms with Crippen molar-refractivity contribution < 1.29 is 9.52 Å². The van der Waals surface area contributed by atoms with Crippen LogP contribution < -0.4 is 0 Å². The largest absolute Gasteiger partial charge is 0.464 e. The molecule has 0 fully saturated rings. The quantitative estimate of drug-likeness (QED) is 0.699. The van der Waals surface area contributed by atoms with Gasteiger partial charge in [0.1, 0.15) is 17.6 Å². The van der Waals surface area contributed by atoms with Crippen LogP contribution in [0.5, 0.6) is 0 Å². The second-order valence-electron chi connectivity index (χ2n) is 2.99. The van der Waals surface area contributed by atoms with Crippen LogP contribution in [0, 0.1) is 12.8 Å². The Labute approximate surface area is 72.5 Å². The zero-order valence-electron chi connectivity index (χ0n) is 7.45. The lowest BCUT2D eigenvalue weighted by atomic mass is 10.0. The smallest absolute Gasteiger partial charge is 0.133 e. The van der Waals surface area contributed by atoms with Crippen LogP contribution in [-0.2, 0) is 0 Å². The van der Waals surface area contributed by atoms with Gasteiger partial charge in [0.2, 0.25) is 0 Å². The van der Waals surface area contributed by atoms with Gasteiger partial charge in [0, 0.05) is 5.92 Å². The molecule has 66 valence electrons. The zero-order valence-corrected chi connectivity index (χ0v) is 7.45. The van der Waals surface area contributed by atoms with Crippen molar-refractivity contribution in [2.24, 2.45) is 5.92 Å². The fourth-order valence-corrected chi connectivity index (χ4v) is 1.00. The van der Waals surface area contributed by atoms with Crippen molar-refractivity contribution in [3.63, 3.8) is 0 Å². The highest BCUT2D eigenvalue weighted by molar-refractivity contribution is 5.09. The van der Waals surface area contributed by atoms with Crippen molar-refractivity contribution in [3.8, 4) is 0 Å². The van der Waals surface area contributed by atoms with E-state index in [1.807, 2.05) is 19.9 Å². The standard InChI is InChI=1S/C10H14O2/c1-4-7(2)10(11)9-6-5-8(3)12-9/h4-7,10-11H,1H2,2-3H3. The van der Waals surface area contributed by atoms with Gasteiger partial charge in [-0.3, -0.25) is 0 Å². The number of aliphatic hydroxyl groups is 1. The minimum Gasteiger partial charge on any atom is -0.464 e. The Bertz CT molecular complexity index is 263. The molecule has 0 radical (unpaired) electrons. The molecule has 2 heteroatoms. The first-order chi connectivity index (χ1) is 5.65. The molecule has 1 aromatic heterocycles. The van der Waals surface area contributed by atoms with Gasteiger partial charge < -0.3 is 9.52 Å². The fourth-order valence-electron chi connectivity index (χ4n) is 1.00. The first-order valence-electron chi connectivity index (χ1n) is 4.02. The van der Waals surface area contributed by atoms with Crippen LogP contribution in [0.25, 0.3) is 0 Å². The lowest BCUT2D eigenvalue weighted by molar-refractivity contribution is 0.113. The molecule has 2 nitrogen and oxygen atoms in total. The molecule has 0 spiro atoms. The summed E-state index contributed by atoms with van der Waals surface area (Å²) in [7, 11) is 0. The molecule has 0 aliphatic carbocycles. The third kappa shape index (κ3) is 1.77. The third-order valence-corrected chi connectivity index (χ3v) is 1.92. The molecule has 12 heavy (non-hydrogen) atoms. The van der Waals surface area contributed by atoms with Gasteiger partial charge in [-0.15, -0.1) is 6.58 Å². The van der Waals surface area contributed by atoms with Crippen LogP contribution in [0.1, 0.15) is 24.5 Å². The number of aliphatic hydroxyl groups excluding tert-OH is 1. The van der Waals surface area contributed by atoms with E-state index >= 15 is 0 Å². The monoisotopic (exact) mass is 166 g/mol. The summed E-state index contributed by atoms with van der Waals surface area (Å²) in [5.41, 5.74) is 0. The summed E-state index contributed by atoms with van der Waals surface area (Å²) in [6.07, 6.45) is 1.14. The molecule has 1 aromatic rings. The molecule has 0 aromatic carbocycles. The normalized spacial score (nSPS) is 15.6. The second-order valence-corrected chi connectivity index (χ2v) is 2.99. The molecular weight excluding hydrogens is 152 g/mol. The van der Waals surface area contributed by atoms with E-state index in [2.05, 4.69) is 6.58 Å². The Morgan fingerprint density at radius 1 is 1.58 bits per heavy atom. The van der Waals surface area contributed by atoms with Crippen molar-refractivity contribution in [2.75, 3.05) is 0 Å². The Morgan fingerprint density at radius 2 is 2.25 bits per heavy atom. The van der Waals surface area contributed by atoms with Gasteiger partial charge in [-0.1, -0.05) is 13.0 Å². The minimum atomic E-state index is -0.573. The molecule has 0 amide bonds. The van der Waals surface area contributed by atoms with Gasteiger partial charge in [0.15, 0.2) is 0 Å². The number of hydrogen-bond acceptors (Lipinski definition) is 2. The number of hydrogen-bond donors (Lipinski definition) is 1. The lowest BCUT2D eigenvalue weighted by Gasteiger charge is -2.11. The SMILES string of the molecule is C=CC(C)C(O)c1ccc(C)o1. The fraction of sp³-hybridized carbons (Fsp3) is 0.400. The summed E-state index contributed by atoms with van der Waals surface area (Å²) in [5.74, 6) is 1.45. The maximum atomic E-state index is 9.64. The molecule has 1 N–H and O–H groups in total. The van der Waals surface area contributed by atoms with Gasteiger partial charge in [-0.2, -0.15) is 0 Å². The van der Waals surface area contributed by atoms with Crippen LogP contribution in [0.2, 0.25) is 0 Å². The predicted molar refractivity (Wildman–Crippen MR) is 47.8 cm³/mol. The van der Waals surface area contributed by atoms with E-state index in [-0.39, 0.29) is 5.92 Å². The van der Waals surface area contributed by atoms with Gasteiger partial charge in [0.05, 0.1) is 0 Å². The zero-order chi connectivity index (χ0) is 9.14. The van der Waals surface area contributed by atoms with Crippen LogP contribution in [-0.4, -0.2) is 5.11 Å². The minimum absolute atomic E-state index is 0.0237. The first-order valence-corrected chi connectivity index (χ1v) is 4.02. The number of aryl methyl sites for hydroxylation is 1. The first kappa shape index (κ1) is 9.07. The average Bonchev–Trinajstić information content (AvgIpc) is 2.49. The van der Waals surface area contributed by atoms with Gasteiger partial charge >= 0.3 is 0 Å². The summed E-state index contributed by atoms with van der Waals surface area (Å²) in [5, 5.41) is 9.64. The Morgan fingerprint density at radius 3 is 2.67 bits per heavy atom. The van der Waals surface area contributed by atoms with Crippen molar-refractivity contribution in [1.82, 2.24) is 0 Å². The highest BCUT2D eigenvalue weighted by Gasteiger charge is 2.16.